The number of hydrogen-bond acceptors (Lipinski definition) is 4. The van der Waals surface area contributed by atoms with Gasteiger partial charge in [-0.3, -0.25) is 9.37 Å². The second-order valence-corrected chi connectivity index (χ2v) is 5.30. The van der Waals surface area contributed by atoms with Crippen LogP contribution in [0.3, 0.4) is 0 Å². The van der Waals surface area contributed by atoms with Crippen LogP contribution in [-0.4, -0.2) is 32.4 Å². The van der Waals surface area contributed by atoms with E-state index in [1.54, 1.807) is 26.1 Å². The Morgan fingerprint density at radius 2 is 1.78 bits per heavy atom. The van der Waals surface area contributed by atoms with E-state index in [0.717, 1.165) is 22.6 Å². The van der Waals surface area contributed by atoms with Crippen LogP contribution in [-0.2, 0) is 20.1 Å². The predicted molar refractivity (Wildman–Crippen MR) is 83.7 cm³/mol. The molecular formula is C17H22FIrN2O2-. The third-order valence-electron chi connectivity index (χ3n) is 2.78. The molecule has 2 unspecified atom stereocenters. The molecule has 0 spiro atoms. The molecule has 0 aliphatic carbocycles. The standard InChI is InChI=1S/C12H10FN2.C5H12O2.Ir/c1-8-7-14-12(9(2)15-8)10-3-5-11(13)6-4-10;1-4(6)3-5(2)7;/h3,5-7H,1-2H3;4-7H,3H2,1-2H3;/q-1;;. The molecule has 1 aromatic carbocycles. The fourth-order valence-corrected chi connectivity index (χ4v) is 1.91. The molecule has 2 atom stereocenters. The van der Waals surface area contributed by atoms with Crippen molar-refractivity contribution in [2.75, 3.05) is 0 Å². The van der Waals surface area contributed by atoms with Gasteiger partial charge >= 0.3 is 0 Å². The summed E-state index contributed by atoms with van der Waals surface area (Å²) in [6.45, 7) is 7.09. The minimum absolute atomic E-state index is 0. The number of aliphatic hydroxyl groups excluding tert-OH is 2. The van der Waals surface area contributed by atoms with Crippen LogP contribution in [0.1, 0.15) is 31.7 Å². The van der Waals surface area contributed by atoms with E-state index in [9.17, 15) is 4.39 Å². The van der Waals surface area contributed by atoms with Crippen molar-refractivity contribution in [3.63, 3.8) is 0 Å². The number of nitrogens with zero attached hydrogens (tertiary/aromatic N) is 2. The summed E-state index contributed by atoms with van der Waals surface area (Å²) in [4.78, 5) is 8.56. The summed E-state index contributed by atoms with van der Waals surface area (Å²) >= 11 is 0. The topological polar surface area (TPSA) is 66.2 Å². The Labute approximate surface area is 150 Å². The van der Waals surface area contributed by atoms with Gasteiger partial charge in [0.05, 0.1) is 17.9 Å². The maximum Gasteiger partial charge on any atom is 0.0539 e. The molecule has 0 amide bonds. The summed E-state index contributed by atoms with van der Waals surface area (Å²) in [7, 11) is 0. The Kier molecular flexibility index (Phi) is 10.00. The first-order chi connectivity index (χ1) is 10.3. The van der Waals surface area contributed by atoms with Gasteiger partial charge in [0.2, 0.25) is 0 Å². The van der Waals surface area contributed by atoms with Gasteiger partial charge in [0.1, 0.15) is 0 Å². The predicted octanol–water partition coefficient (Wildman–Crippen LogP) is 2.84. The molecular weight excluding hydrogens is 475 g/mol. The van der Waals surface area contributed by atoms with E-state index in [-0.39, 0.29) is 38.1 Å². The van der Waals surface area contributed by atoms with Gasteiger partial charge in [-0.2, -0.15) is 0 Å². The van der Waals surface area contributed by atoms with Gasteiger partial charge in [0, 0.05) is 43.5 Å². The van der Waals surface area contributed by atoms with Crippen molar-refractivity contribution in [2.24, 2.45) is 0 Å². The van der Waals surface area contributed by atoms with E-state index >= 15 is 0 Å². The van der Waals surface area contributed by atoms with Crippen LogP contribution < -0.4 is 0 Å². The molecule has 2 rings (SSSR count). The zero-order valence-corrected chi connectivity index (χ0v) is 16.1. The van der Waals surface area contributed by atoms with Gasteiger partial charge in [-0.15, -0.1) is 29.8 Å². The van der Waals surface area contributed by atoms with Gasteiger partial charge in [-0.1, -0.05) is 0 Å². The minimum atomic E-state index is -0.375. The minimum Gasteiger partial charge on any atom is -0.393 e. The molecule has 1 heterocycles. The first-order valence-electron chi connectivity index (χ1n) is 7.13. The normalized spacial score (nSPS) is 12.5. The fourth-order valence-electron chi connectivity index (χ4n) is 1.91. The van der Waals surface area contributed by atoms with Crippen LogP contribution in [0.15, 0.2) is 24.4 Å². The van der Waals surface area contributed by atoms with Crippen molar-refractivity contribution in [1.82, 2.24) is 9.97 Å². The molecule has 0 saturated carbocycles. The molecule has 0 fully saturated rings. The average Bonchev–Trinajstić information content (AvgIpc) is 2.39. The Hall–Kier alpha value is -1.20. The number of benzene rings is 1. The summed E-state index contributed by atoms with van der Waals surface area (Å²) in [6, 6.07) is 7.19. The van der Waals surface area contributed by atoms with E-state index in [0.29, 0.717) is 6.42 Å². The second kappa shape index (κ2) is 10.6. The van der Waals surface area contributed by atoms with Crippen molar-refractivity contribution >= 4 is 0 Å². The third kappa shape index (κ3) is 8.28. The molecule has 129 valence electrons. The number of hydrogen-bond donors (Lipinski definition) is 2. The fraction of sp³-hybridized carbons (Fsp3) is 0.412. The first-order valence-corrected chi connectivity index (χ1v) is 7.13. The zero-order valence-electron chi connectivity index (χ0n) is 13.7. The van der Waals surface area contributed by atoms with Crippen LogP contribution in [0.5, 0.6) is 0 Å². The summed E-state index contributed by atoms with van der Waals surface area (Å²) in [5.41, 5.74) is 3.22. The van der Waals surface area contributed by atoms with E-state index in [1.165, 1.54) is 12.1 Å². The smallest absolute Gasteiger partial charge is 0.0539 e. The summed E-state index contributed by atoms with van der Waals surface area (Å²) < 4.78 is 12.7. The van der Waals surface area contributed by atoms with Crippen LogP contribution in [0.4, 0.5) is 4.39 Å². The number of aliphatic hydroxyl groups is 2. The Morgan fingerprint density at radius 1 is 1.17 bits per heavy atom. The van der Waals surface area contributed by atoms with Crippen molar-refractivity contribution in [3.8, 4) is 11.3 Å². The Balaban J connectivity index is 0.000000522. The number of aryl methyl sites for hydroxylation is 2. The molecule has 0 aliphatic heterocycles. The van der Waals surface area contributed by atoms with E-state index < -0.39 is 0 Å². The van der Waals surface area contributed by atoms with E-state index in [1.807, 2.05) is 13.8 Å². The summed E-state index contributed by atoms with van der Waals surface area (Å²) in [5.74, 6) is -0.295. The molecule has 0 bridgehead atoms. The van der Waals surface area contributed by atoms with Crippen molar-refractivity contribution in [3.05, 3.63) is 47.7 Å². The first kappa shape index (κ1) is 21.8. The molecule has 23 heavy (non-hydrogen) atoms. The van der Waals surface area contributed by atoms with Crippen molar-refractivity contribution < 1.29 is 34.7 Å². The molecule has 4 nitrogen and oxygen atoms in total. The molecule has 1 aromatic heterocycles. The van der Waals surface area contributed by atoms with Crippen LogP contribution in [0, 0.1) is 25.7 Å². The van der Waals surface area contributed by atoms with Gasteiger partial charge in [-0.25, -0.2) is 0 Å². The monoisotopic (exact) mass is 498 g/mol. The van der Waals surface area contributed by atoms with Gasteiger partial charge in [-0.05, 0) is 34.1 Å². The van der Waals surface area contributed by atoms with Crippen LogP contribution >= 0.6 is 0 Å². The van der Waals surface area contributed by atoms with Gasteiger partial charge in [0.25, 0.3) is 0 Å². The summed E-state index contributed by atoms with van der Waals surface area (Å²) in [6.07, 6.45) is 1.42. The molecule has 2 N–H and O–H groups in total. The number of rotatable bonds is 3. The molecule has 1 radical (unpaired) electrons. The Bertz CT molecular complexity index is 584. The van der Waals surface area contributed by atoms with Crippen molar-refractivity contribution in [2.45, 2.75) is 46.3 Å². The SMILES string of the molecule is CC(O)CC(C)O.Cc1cnc(-c2[c-]cc(F)cc2)c(C)n1.[Ir]. The van der Waals surface area contributed by atoms with E-state index in [4.69, 9.17) is 10.2 Å². The molecule has 6 heteroatoms. The second-order valence-electron chi connectivity index (χ2n) is 5.30. The average molecular weight is 498 g/mol. The quantitative estimate of drug-likeness (QED) is 0.641. The molecule has 0 aliphatic rings. The van der Waals surface area contributed by atoms with E-state index in [2.05, 4.69) is 16.0 Å². The van der Waals surface area contributed by atoms with Crippen LogP contribution in [0.2, 0.25) is 0 Å². The number of aromatic nitrogens is 2. The van der Waals surface area contributed by atoms with Crippen molar-refractivity contribution in [1.29, 1.82) is 0 Å². The Morgan fingerprint density at radius 3 is 2.17 bits per heavy atom. The molecule has 0 saturated heterocycles. The number of halogens is 1. The maximum atomic E-state index is 12.7. The summed E-state index contributed by atoms with van der Waals surface area (Å²) in [5, 5.41) is 17.1. The zero-order chi connectivity index (χ0) is 16.7. The maximum absolute atomic E-state index is 12.7. The van der Waals surface area contributed by atoms with Gasteiger partial charge in [0.15, 0.2) is 0 Å². The largest absolute Gasteiger partial charge is 0.393 e. The molecule has 2 aromatic rings. The van der Waals surface area contributed by atoms with Gasteiger partial charge < -0.3 is 15.2 Å². The third-order valence-corrected chi connectivity index (χ3v) is 2.78. The van der Waals surface area contributed by atoms with Crippen LogP contribution in [0.25, 0.3) is 11.3 Å².